The Bertz CT molecular complexity index is 615. The van der Waals surface area contributed by atoms with E-state index in [1.807, 2.05) is 13.8 Å². The molecule has 0 aliphatic carbocycles. The fourth-order valence-corrected chi connectivity index (χ4v) is 2.27. The SMILES string of the molecule is CC(C)C(C)(CC(=O)O)NC(=O)CCCNc1ccc([N+](=O)[O-])cc1. The highest BCUT2D eigenvalue weighted by atomic mass is 16.6. The zero-order chi connectivity index (χ0) is 19.0. The number of nitrogens with zero attached hydrogens (tertiary/aromatic N) is 1. The summed E-state index contributed by atoms with van der Waals surface area (Å²) >= 11 is 0. The van der Waals surface area contributed by atoms with Crippen LogP contribution in [-0.4, -0.2) is 34.0 Å². The highest BCUT2D eigenvalue weighted by Gasteiger charge is 2.32. The number of benzene rings is 1. The number of carbonyl (C=O) groups is 2. The molecule has 0 fully saturated rings. The van der Waals surface area contributed by atoms with Gasteiger partial charge >= 0.3 is 5.97 Å². The molecule has 1 unspecified atom stereocenters. The first-order chi connectivity index (χ1) is 11.6. The van der Waals surface area contributed by atoms with Crippen molar-refractivity contribution in [1.82, 2.24) is 5.32 Å². The maximum absolute atomic E-state index is 12.1. The molecule has 0 bridgehead atoms. The molecule has 1 aromatic carbocycles. The van der Waals surface area contributed by atoms with E-state index < -0.39 is 16.4 Å². The Balaban J connectivity index is 2.41. The Hall–Kier alpha value is -2.64. The van der Waals surface area contributed by atoms with E-state index in [-0.39, 0.29) is 30.4 Å². The molecule has 8 heteroatoms. The maximum atomic E-state index is 12.1. The number of anilines is 1. The molecular formula is C17H25N3O5. The second-order valence-electron chi connectivity index (χ2n) is 6.53. The van der Waals surface area contributed by atoms with Crippen LogP contribution in [0, 0.1) is 16.0 Å². The largest absolute Gasteiger partial charge is 0.481 e. The number of nitro benzene ring substituents is 1. The third kappa shape index (κ3) is 6.78. The summed E-state index contributed by atoms with van der Waals surface area (Å²) < 4.78 is 0. The summed E-state index contributed by atoms with van der Waals surface area (Å²) in [7, 11) is 0. The number of non-ortho nitro benzene ring substituents is 1. The lowest BCUT2D eigenvalue weighted by molar-refractivity contribution is -0.384. The number of aliphatic carboxylic acids is 1. The topological polar surface area (TPSA) is 122 Å². The highest BCUT2D eigenvalue weighted by molar-refractivity contribution is 5.78. The average molecular weight is 351 g/mol. The van der Waals surface area contributed by atoms with Crippen molar-refractivity contribution in [2.75, 3.05) is 11.9 Å². The monoisotopic (exact) mass is 351 g/mol. The summed E-state index contributed by atoms with van der Waals surface area (Å²) in [6.45, 7) is 6.01. The third-order valence-electron chi connectivity index (χ3n) is 4.21. The lowest BCUT2D eigenvalue weighted by Gasteiger charge is -2.33. The van der Waals surface area contributed by atoms with Crippen LogP contribution in [0.4, 0.5) is 11.4 Å². The summed E-state index contributed by atoms with van der Waals surface area (Å²) in [6, 6.07) is 6.05. The van der Waals surface area contributed by atoms with Crippen molar-refractivity contribution in [2.45, 2.75) is 45.6 Å². The number of carbonyl (C=O) groups excluding carboxylic acids is 1. The molecule has 138 valence electrons. The summed E-state index contributed by atoms with van der Waals surface area (Å²) in [5.74, 6) is -1.15. The first-order valence-electron chi connectivity index (χ1n) is 8.15. The van der Waals surface area contributed by atoms with Crippen molar-refractivity contribution < 1.29 is 19.6 Å². The van der Waals surface area contributed by atoms with Gasteiger partial charge in [-0.3, -0.25) is 19.7 Å². The second kappa shape index (κ2) is 9.00. The smallest absolute Gasteiger partial charge is 0.305 e. The van der Waals surface area contributed by atoms with Crippen LogP contribution in [0.2, 0.25) is 0 Å². The number of amides is 1. The predicted molar refractivity (Wildman–Crippen MR) is 94.5 cm³/mol. The fraction of sp³-hybridized carbons (Fsp3) is 0.529. The Morgan fingerprint density at radius 1 is 1.28 bits per heavy atom. The van der Waals surface area contributed by atoms with E-state index in [0.29, 0.717) is 13.0 Å². The van der Waals surface area contributed by atoms with Crippen LogP contribution >= 0.6 is 0 Å². The molecule has 0 radical (unpaired) electrons. The Morgan fingerprint density at radius 2 is 1.88 bits per heavy atom. The number of carboxylic acid groups (broad SMARTS) is 1. The zero-order valence-electron chi connectivity index (χ0n) is 14.7. The van der Waals surface area contributed by atoms with E-state index >= 15 is 0 Å². The van der Waals surface area contributed by atoms with Crippen LogP contribution in [0.5, 0.6) is 0 Å². The molecule has 0 aliphatic heterocycles. The fourth-order valence-electron chi connectivity index (χ4n) is 2.27. The van der Waals surface area contributed by atoms with Crippen LogP contribution < -0.4 is 10.6 Å². The van der Waals surface area contributed by atoms with E-state index in [9.17, 15) is 19.7 Å². The highest BCUT2D eigenvalue weighted by Crippen LogP contribution is 2.21. The van der Waals surface area contributed by atoms with Crippen molar-refractivity contribution >= 4 is 23.3 Å². The molecule has 25 heavy (non-hydrogen) atoms. The number of nitrogens with one attached hydrogen (secondary N) is 2. The van der Waals surface area contributed by atoms with Crippen LogP contribution in [0.15, 0.2) is 24.3 Å². The van der Waals surface area contributed by atoms with E-state index in [1.165, 1.54) is 12.1 Å². The van der Waals surface area contributed by atoms with Gasteiger partial charge in [0.15, 0.2) is 0 Å². The predicted octanol–water partition coefficient (Wildman–Crippen LogP) is 2.79. The molecule has 0 aromatic heterocycles. The minimum Gasteiger partial charge on any atom is -0.481 e. The van der Waals surface area contributed by atoms with Crippen molar-refractivity contribution in [3.05, 3.63) is 34.4 Å². The van der Waals surface area contributed by atoms with Gasteiger partial charge in [-0.15, -0.1) is 0 Å². The number of hydrogen-bond donors (Lipinski definition) is 3. The molecule has 0 heterocycles. The molecule has 1 aromatic rings. The number of hydrogen-bond acceptors (Lipinski definition) is 5. The first-order valence-corrected chi connectivity index (χ1v) is 8.15. The molecule has 0 saturated carbocycles. The van der Waals surface area contributed by atoms with Crippen LogP contribution in [-0.2, 0) is 9.59 Å². The summed E-state index contributed by atoms with van der Waals surface area (Å²) in [5, 5.41) is 25.5. The number of nitro groups is 1. The van der Waals surface area contributed by atoms with Gasteiger partial charge in [0.25, 0.3) is 5.69 Å². The molecule has 1 amide bonds. The van der Waals surface area contributed by atoms with Gasteiger partial charge in [0.1, 0.15) is 0 Å². The summed E-state index contributed by atoms with van der Waals surface area (Å²) in [6.07, 6.45) is 0.698. The number of rotatable bonds is 10. The lowest BCUT2D eigenvalue weighted by Crippen LogP contribution is -2.51. The van der Waals surface area contributed by atoms with Crippen molar-refractivity contribution in [2.24, 2.45) is 5.92 Å². The van der Waals surface area contributed by atoms with Crippen molar-refractivity contribution in [3.63, 3.8) is 0 Å². The van der Waals surface area contributed by atoms with E-state index in [2.05, 4.69) is 10.6 Å². The standard InChI is InChI=1S/C17H25N3O5/c1-12(2)17(3,11-16(22)23)19-15(21)5-4-10-18-13-6-8-14(9-7-13)20(24)25/h6-9,12,18H,4-5,10-11H2,1-3H3,(H,19,21)(H,22,23). The van der Waals surface area contributed by atoms with E-state index in [0.717, 1.165) is 5.69 Å². The van der Waals surface area contributed by atoms with Crippen LogP contribution in [0.1, 0.15) is 40.0 Å². The molecule has 1 rings (SSSR count). The number of carboxylic acids is 1. The Morgan fingerprint density at radius 3 is 2.36 bits per heavy atom. The molecule has 3 N–H and O–H groups in total. The zero-order valence-corrected chi connectivity index (χ0v) is 14.7. The molecular weight excluding hydrogens is 326 g/mol. The van der Waals surface area contributed by atoms with Gasteiger partial charge in [0, 0.05) is 36.3 Å². The van der Waals surface area contributed by atoms with Gasteiger partial charge in [-0.05, 0) is 31.4 Å². The molecule has 0 aliphatic rings. The molecule has 1 atom stereocenters. The molecule has 8 nitrogen and oxygen atoms in total. The van der Waals surface area contributed by atoms with Gasteiger partial charge in [-0.25, -0.2) is 0 Å². The van der Waals surface area contributed by atoms with Crippen LogP contribution in [0.25, 0.3) is 0 Å². The minimum absolute atomic E-state index is 0.00853. The van der Waals surface area contributed by atoms with Gasteiger partial charge in [-0.2, -0.15) is 0 Å². The maximum Gasteiger partial charge on any atom is 0.305 e. The summed E-state index contributed by atoms with van der Waals surface area (Å²) in [5.41, 5.74) is -0.0189. The quantitative estimate of drug-likeness (QED) is 0.338. The van der Waals surface area contributed by atoms with Crippen molar-refractivity contribution in [3.8, 4) is 0 Å². The van der Waals surface area contributed by atoms with Gasteiger partial charge < -0.3 is 15.7 Å². The van der Waals surface area contributed by atoms with Gasteiger partial charge in [0.2, 0.25) is 5.91 Å². The normalized spacial score (nSPS) is 13.1. The van der Waals surface area contributed by atoms with Crippen molar-refractivity contribution in [1.29, 1.82) is 0 Å². The van der Waals surface area contributed by atoms with Gasteiger partial charge in [-0.1, -0.05) is 13.8 Å². The minimum atomic E-state index is -0.948. The second-order valence-corrected chi connectivity index (χ2v) is 6.53. The Labute approximate surface area is 146 Å². The lowest BCUT2D eigenvalue weighted by atomic mass is 9.85. The molecule has 0 saturated heterocycles. The third-order valence-corrected chi connectivity index (χ3v) is 4.21. The van der Waals surface area contributed by atoms with Gasteiger partial charge in [0.05, 0.1) is 11.3 Å². The van der Waals surface area contributed by atoms with E-state index in [1.54, 1.807) is 19.1 Å². The van der Waals surface area contributed by atoms with E-state index in [4.69, 9.17) is 5.11 Å². The van der Waals surface area contributed by atoms with Crippen LogP contribution in [0.3, 0.4) is 0 Å². The first kappa shape index (κ1) is 20.4. The molecule has 0 spiro atoms. The Kier molecular flexibility index (Phi) is 7.35. The summed E-state index contributed by atoms with van der Waals surface area (Å²) in [4.78, 5) is 33.2. The average Bonchev–Trinajstić information content (AvgIpc) is 2.51.